The van der Waals surface area contributed by atoms with Gasteiger partial charge in [0.2, 0.25) is 0 Å². The molecule has 17 heavy (non-hydrogen) atoms. The molecule has 0 N–H and O–H groups in total. The van der Waals surface area contributed by atoms with Crippen molar-refractivity contribution in [3.05, 3.63) is 57.7 Å². The summed E-state index contributed by atoms with van der Waals surface area (Å²) in [6.07, 6.45) is 0. The van der Waals surface area contributed by atoms with E-state index in [1.807, 2.05) is 26.0 Å². The minimum atomic E-state index is -0.531. The van der Waals surface area contributed by atoms with Gasteiger partial charge in [-0.15, -0.1) is 0 Å². The summed E-state index contributed by atoms with van der Waals surface area (Å²) >= 11 is 0. The highest BCUT2D eigenvalue weighted by Crippen LogP contribution is 2.23. The molecule has 0 saturated carbocycles. The molecule has 88 valence electrons. The zero-order valence-corrected chi connectivity index (χ0v) is 9.48. The number of aromatic nitrogens is 1. The van der Waals surface area contributed by atoms with Crippen LogP contribution in [0.25, 0.3) is 5.69 Å². The van der Waals surface area contributed by atoms with Crippen LogP contribution in [0.3, 0.4) is 0 Å². The normalized spacial score (nSPS) is 10.5. The zero-order valence-electron chi connectivity index (χ0n) is 9.48. The summed E-state index contributed by atoms with van der Waals surface area (Å²) in [5.74, 6) is -0.474. The number of hydrogen-bond donors (Lipinski definition) is 0. The highest BCUT2D eigenvalue weighted by Gasteiger charge is 2.14. The molecule has 0 aliphatic carbocycles. The van der Waals surface area contributed by atoms with Gasteiger partial charge in [0.1, 0.15) is 5.82 Å². The molecule has 0 aliphatic heterocycles. The van der Waals surface area contributed by atoms with Crippen LogP contribution in [0.15, 0.2) is 30.3 Å². The van der Waals surface area contributed by atoms with Crippen LogP contribution in [0, 0.1) is 29.8 Å². The third-order valence-electron chi connectivity index (χ3n) is 2.65. The minimum absolute atomic E-state index is 0.117. The van der Waals surface area contributed by atoms with E-state index in [-0.39, 0.29) is 11.4 Å². The summed E-state index contributed by atoms with van der Waals surface area (Å²) in [7, 11) is 0. The highest BCUT2D eigenvalue weighted by molar-refractivity contribution is 5.46. The number of non-ortho nitro benzene ring substituents is 1. The standard InChI is InChI=1S/C12H11FN2O2/c1-8-3-4-9(2)14(8)12-7-10(15(16)17)5-6-11(12)13/h3-7H,1-2H3. The third kappa shape index (κ3) is 1.91. The van der Waals surface area contributed by atoms with Crippen molar-refractivity contribution in [2.24, 2.45) is 0 Å². The molecule has 4 nitrogen and oxygen atoms in total. The molecule has 5 heteroatoms. The first-order valence-corrected chi connectivity index (χ1v) is 5.10. The van der Waals surface area contributed by atoms with Crippen molar-refractivity contribution in [1.29, 1.82) is 0 Å². The third-order valence-corrected chi connectivity index (χ3v) is 2.65. The zero-order chi connectivity index (χ0) is 12.6. The Balaban J connectivity index is 2.66. The second kappa shape index (κ2) is 4.01. The first kappa shape index (κ1) is 11.3. The average molecular weight is 234 g/mol. The number of aryl methyl sites for hydroxylation is 2. The smallest absolute Gasteiger partial charge is 0.271 e. The lowest BCUT2D eigenvalue weighted by atomic mass is 10.2. The predicted molar refractivity (Wildman–Crippen MR) is 61.9 cm³/mol. The van der Waals surface area contributed by atoms with E-state index < -0.39 is 10.7 Å². The van der Waals surface area contributed by atoms with Gasteiger partial charge in [0, 0.05) is 23.5 Å². The van der Waals surface area contributed by atoms with Gasteiger partial charge in [-0.05, 0) is 32.0 Å². The Morgan fingerprint density at radius 3 is 2.29 bits per heavy atom. The predicted octanol–water partition coefficient (Wildman–Crippen LogP) is 3.14. The van der Waals surface area contributed by atoms with Crippen molar-refractivity contribution in [2.45, 2.75) is 13.8 Å². The Morgan fingerprint density at radius 2 is 1.76 bits per heavy atom. The SMILES string of the molecule is Cc1ccc(C)n1-c1cc([N+](=O)[O-])ccc1F. The maximum Gasteiger partial charge on any atom is 0.271 e. The van der Waals surface area contributed by atoms with Crippen LogP contribution in [0.4, 0.5) is 10.1 Å². The van der Waals surface area contributed by atoms with E-state index in [2.05, 4.69) is 0 Å². The van der Waals surface area contributed by atoms with Gasteiger partial charge in [0.25, 0.3) is 5.69 Å². The van der Waals surface area contributed by atoms with Crippen LogP contribution in [0.5, 0.6) is 0 Å². The van der Waals surface area contributed by atoms with Crippen LogP contribution in [-0.4, -0.2) is 9.49 Å². The second-order valence-electron chi connectivity index (χ2n) is 3.84. The maximum atomic E-state index is 13.7. The molecule has 1 aromatic carbocycles. The molecule has 1 heterocycles. The van der Waals surface area contributed by atoms with E-state index in [4.69, 9.17) is 0 Å². The van der Waals surface area contributed by atoms with Crippen LogP contribution < -0.4 is 0 Å². The van der Waals surface area contributed by atoms with Crippen LogP contribution in [-0.2, 0) is 0 Å². The number of hydrogen-bond acceptors (Lipinski definition) is 2. The monoisotopic (exact) mass is 234 g/mol. The van der Waals surface area contributed by atoms with E-state index in [1.54, 1.807) is 4.57 Å². The Kier molecular flexibility index (Phi) is 2.67. The topological polar surface area (TPSA) is 48.1 Å². The average Bonchev–Trinajstić information content (AvgIpc) is 2.59. The van der Waals surface area contributed by atoms with Gasteiger partial charge in [-0.25, -0.2) is 4.39 Å². The number of rotatable bonds is 2. The first-order chi connectivity index (χ1) is 8.00. The first-order valence-electron chi connectivity index (χ1n) is 5.10. The molecule has 0 fully saturated rings. The van der Waals surface area contributed by atoms with Gasteiger partial charge in [0.05, 0.1) is 10.6 Å². The summed E-state index contributed by atoms with van der Waals surface area (Å²) in [6.45, 7) is 3.65. The fraction of sp³-hybridized carbons (Fsp3) is 0.167. The van der Waals surface area contributed by atoms with Crippen molar-refractivity contribution in [2.75, 3.05) is 0 Å². The van der Waals surface area contributed by atoms with E-state index in [9.17, 15) is 14.5 Å². The van der Waals surface area contributed by atoms with Gasteiger partial charge >= 0.3 is 0 Å². The number of halogens is 1. The summed E-state index contributed by atoms with van der Waals surface area (Å²) in [4.78, 5) is 10.1. The van der Waals surface area contributed by atoms with Gasteiger partial charge in [-0.3, -0.25) is 10.1 Å². The number of nitro benzene ring substituents is 1. The molecule has 2 aromatic rings. The van der Waals surface area contributed by atoms with Gasteiger partial charge < -0.3 is 4.57 Å². The van der Waals surface area contributed by atoms with Crippen LogP contribution in [0.1, 0.15) is 11.4 Å². The Bertz CT molecular complexity index is 571. The quantitative estimate of drug-likeness (QED) is 0.592. The van der Waals surface area contributed by atoms with E-state index in [0.717, 1.165) is 23.5 Å². The molecule has 0 aliphatic rings. The number of nitrogens with zero attached hydrogens (tertiary/aromatic N) is 2. The highest BCUT2D eigenvalue weighted by atomic mass is 19.1. The largest absolute Gasteiger partial charge is 0.316 e. The fourth-order valence-electron chi connectivity index (χ4n) is 1.83. The minimum Gasteiger partial charge on any atom is -0.316 e. The molecular weight excluding hydrogens is 223 g/mol. The maximum absolute atomic E-state index is 13.7. The molecule has 0 unspecified atom stereocenters. The van der Waals surface area contributed by atoms with Crippen molar-refractivity contribution in [3.63, 3.8) is 0 Å². The molecule has 1 aromatic heterocycles. The Hall–Kier alpha value is -2.17. The lowest BCUT2D eigenvalue weighted by Crippen LogP contribution is -2.02. The van der Waals surface area contributed by atoms with Gasteiger partial charge in [-0.1, -0.05) is 0 Å². The summed E-state index contributed by atoms with van der Waals surface area (Å²) in [5, 5.41) is 10.7. The molecule has 0 bridgehead atoms. The van der Waals surface area contributed by atoms with Crippen molar-refractivity contribution in [3.8, 4) is 5.69 Å². The lowest BCUT2D eigenvalue weighted by molar-refractivity contribution is -0.384. The molecule has 0 atom stereocenters. The summed E-state index contributed by atoms with van der Waals surface area (Å²) in [5.41, 5.74) is 1.76. The van der Waals surface area contributed by atoms with E-state index >= 15 is 0 Å². The van der Waals surface area contributed by atoms with Crippen molar-refractivity contribution >= 4 is 5.69 Å². The second-order valence-corrected chi connectivity index (χ2v) is 3.84. The molecule has 0 radical (unpaired) electrons. The van der Waals surface area contributed by atoms with Crippen molar-refractivity contribution in [1.82, 2.24) is 4.57 Å². The summed E-state index contributed by atoms with van der Waals surface area (Å²) in [6, 6.07) is 7.20. The number of benzene rings is 1. The molecule has 0 amide bonds. The molecule has 2 rings (SSSR count). The Morgan fingerprint density at radius 1 is 1.18 bits per heavy atom. The number of nitro groups is 1. The van der Waals surface area contributed by atoms with E-state index in [0.29, 0.717) is 0 Å². The van der Waals surface area contributed by atoms with Crippen LogP contribution >= 0.6 is 0 Å². The van der Waals surface area contributed by atoms with E-state index in [1.165, 1.54) is 6.07 Å². The fourth-order valence-corrected chi connectivity index (χ4v) is 1.83. The summed E-state index contributed by atoms with van der Waals surface area (Å²) < 4.78 is 15.4. The molecular formula is C12H11FN2O2. The lowest BCUT2D eigenvalue weighted by Gasteiger charge is -2.10. The van der Waals surface area contributed by atoms with Crippen LogP contribution in [0.2, 0.25) is 0 Å². The molecule has 0 spiro atoms. The Labute approximate surface area is 97.5 Å². The van der Waals surface area contributed by atoms with Crippen molar-refractivity contribution < 1.29 is 9.31 Å². The molecule has 0 saturated heterocycles. The van der Waals surface area contributed by atoms with Gasteiger partial charge in [0.15, 0.2) is 0 Å². The van der Waals surface area contributed by atoms with Gasteiger partial charge in [-0.2, -0.15) is 0 Å².